The number of nitrogens with one attached hydrogen (secondary N) is 2. The quantitative estimate of drug-likeness (QED) is 0.622. The third-order valence-electron chi connectivity index (χ3n) is 1.83. The second-order valence-electron chi connectivity index (χ2n) is 2.92. The number of hydrogen-bond donors (Lipinski definition) is 3. The van der Waals surface area contributed by atoms with Crippen LogP contribution < -0.4 is 4.72 Å². The zero-order valence-electron chi connectivity index (χ0n) is 7.97. The molecular weight excluding hydrogens is 222 g/mol. The number of hydrogen-bond acceptors (Lipinski definition) is 4. The first-order valence-electron chi connectivity index (χ1n) is 4.12. The van der Waals surface area contributed by atoms with Gasteiger partial charge in [0, 0.05) is 11.9 Å². The summed E-state index contributed by atoms with van der Waals surface area (Å²) in [7, 11) is -3.83. The van der Waals surface area contributed by atoms with Crippen LogP contribution in [0.4, 0.5) is 0 Å². The normalized spacial score (nSPS) is 13.7. The van der Waals surface area contributed by atoms with Gasteiger partial charge in [-0.1, -0.05) is 0 Å². The number of aromatic nitrogens is 2. The van der Waals surface area contributed by atoms with Crippen molar-refractivity contribution in [2.45, 2.75) is 18.7 Å². The molecule has 0 aliphatic rings. The number of aromatic amines is 1. The Hall–Kier alpha value is -1.41. The van der Waals surface area contributed by atoms with Crippen molar-refractivity contribution in [3.05, 3.63) is 18.2 Å². The number of sulfonamides is 1. The van der Waals surface area contributed by atoms with E-state index in [0.29, 0.717) is 5.69 Å². The lowest BCUT2D eigenvalue weighted by Gasteiger charge is -2.08. The van der Waals surface area contributed by atoms with E-state index < -0.39 is 21.2 Å². The predicted octanol–water partition coefficient (Wildman–Crippen LogP) is -0.698. The van der Waals surface area contributed by atoms with Crippen LogP contribution in [0, 0.1) is 0 Å². The predicted molar refractivity (Wildman–Crippen MR) is 51.4 cm³/mol. The third-order valence-corrected chi connectivity index (χ3v) is 3.51. The average Bonchev–Trinajstić information content (AvgIpc) is 2.66. The fourth-order valence-electron chi connectivity index (χ4n) is 0.817. The Morgan fingerprint density at radius 2 is 2.40 bits per heavy atom. The molecule has 0 fully saturated rings. The van der Waals surface area contributed by atoms with Crippen molar-refractivity contribution in [3.63, 3.8) is 0 Å². The Bertz CT molecular complexity index is 425. The summed E-state index contributed by atoms with van der Waals surface area (Å²) in [6, 6.07) is 0. The van der Waals surface area contributed by atoms with Gasteiger partial charge in [-0.2, -0.15) is 0 Å². The largest absolute Gasteiger partial charge is 0.480 e. The van der Waals surface area contributed by atoms with E-state index in [1.807, 2.05) is 0 Å². The Labute approximate surface area is 86.6 Å². The van der Waals surface area contributed by atoms with Gasteiger partial charge in [-0.25, -0.2) is 18.1 Å². The second-order valence-corrected chi connectivity index (χ2v) is 5.01. The maximum Gasteiger partial charge on any atom is 0.323 e. The van der Waals surface area contributed by atoms with Gasteiger partial charge < -0.3 is 10.1 Å². The third kappa shape index (κ3) is 3.03. The monoisotopic (exact) mass is 233 g/mol. The summed E-state index contributed by atoms with van der Waals surface area (Å²) in [5.74, 6) is -1.38. The zero-order valence-corrected chi connectivity index (χ0v) is 8.78. The maximum absolute atomic E-state index is 11.3. The van der Waals surface area contributed by atoms with Crippen LogP contribution in [-0.4, -0.2) is 34.7 Å². The molecule has 8 heteroatoms. The highest BCUT2D eigenvalue weighted by Gasteiger charge is 2.26. The number of carbonyl (C=O) groups is 1. The van der Waals surface area contributed by atoms with Gasteiger partial charge in [0.1, 0.15) is 0 Å². The summed E-state index contributed by atoms with van der Waals surface area (Å²) < 4.78 is 24.8. The molecule has 15 heavy (non-hydrogen) atoms. The minimum absolute atomic E-state index is 0.0000463. The van der Waals surface area contributed by atoms with Crippen molar-refractivity contribution in [1.82, 2.24) is 14.7 Å². The zero-order chi connectivity index (χ0) is 11.5. The first kappa shape index (κ1) is 11.7. The average molecular weight is 233 g/mol. The molecule has 0 aliphatic carbocycles. The lowest BCUT2D eigenvalue weighted by Crippen LogP contribution is -2.37. The molecule has 0 amide bonds. The fraction of sp³-hybridized carbons (Fsp3) is 0.429. The maximum atomic E-state index is 11.3. The van der Waals surface area contributed by atoms with Gasteiger partial charge in [0.05, 0.1) is 12.9 Å². The highest BCUT2D eigenvalue weighted by atomic mass is 32.2. The molecule has 0 aliphatic heterocycles. The van der Waals surface area contributed by atoms with Crippen LogP contribution in [0.3, 0.4) is 0 Å². The van der Waals surface area contributed by atoms with Gasteiger partial charge in [-0.3, -0.25) is 4.79 Å². The minimum Gasteiger partial charge on any atom is -0.480 e. The van der Waals surface area contributed by atoms with Crippen molar-refractivity contribution in [2.75, 3.05) is 0 Å². The SMILES string of the molecule is CC(C(=O)O)S(=O)(=O)NCc1cnc[nH]1. The number of carboxylic acids is 1. The number of imidazole rings is 1. The minimum atomic E-state index is -3.83. The highest BCUT2D eigenvalue weighted by molar-refractivity contribution is 7.90. The van der Waals surface area contributed by atoms with E-state index in [1.54, 1.807) is 0 Å². The van der Waals surface area contributed by atoms with Gasteiger partial charge >= 0.3 is 5.97 Å². The Morgan fingerprint density at radius 3 is 2.87 bits per heavy atom. The molecule has 3 N–H and O–H groups in total. The topological polar surface area (TPSA) is 112 Å². The number of nitrogens with zero attached hydrogens (tertiary/aromatic N) is 1. The molecule has 0 spiro atoms. The molecule has 7 nitrogen and oxygen atoms in total. The van der Waals surface area contributed by atoms with E-state index in [4.69, 9.17) is 5.11 Å². The van der Waals surface area contributed by atoms with Crippen LogP contribution in [0.15, 0.2) is 12.5 Å². The molecule has 1 rings (SSSR count). The summed E-state index contributed by atoms with van der Waals surface area (Å²) in [6.07, 6.45) is 2.86. The molecule has 0 saturated heterocycles. The highest BCUT2D eigenvalue weighted by Crippen LogP contribution is 2.00. The van der Waals surface area contributed by atoms with E-state index in [9.17, 15) is 13.2 Å². The summed E-state index contributed by atoms with van der Waals surface area (Å²) in [4.78, 5) is 16.9. The molecule has 1 unspecified atom stereocenters. The van der Waals surface area contributed by atoms with Crippen LogP contribution in [0.2, 0.25) is 0 Å². The van der Waals surface area contributed by atoms with Gasteiger partial charge in [-0.05, 0) is 6.92 Å². The number of H-pyrrole nitrogens is 1. The lowest BCUT2D eigenvalue weighted by molar-refractivity contribution is -0.136. The Morgan fingerprint density at radius 1 is 1.73 bits per heavy atom. The molecule has 0 radical (unpaired) electrons. The van der Waals surface area contributed by atoms with Crippen molar-refractivity contribution in [1.29, 1.82) is 0 Å². The van der Waals surface area contributed by atoms with Crippen molar-refractivity contribution in [3.8, 4) is 0 Å². The first-order valence-corrected chi connectivity index (χ1v) is 5.66. The van der Waals surface area contributed by atoms with E-state index in [0.717, 1.165) is 6.92 Å². The first-order chi connectivity index (χ1) is 6.93. The molecule has 1 atom stereocenters. The number of carboxylic acid groups (broad SMARTS) is 1. The molecular formula is C7H11N3O4S. The van der Waals surface area contributed by atoms with Gasteiger partial charge in [0.15, 0.2) is 5.25 Å². The van der Waals surface area contributed by atoms with Crippen molar-refractivity contribution < 1.29 is 18.3 Å². The van der Waals surface area contributed by atoms with Gasteiger partial charge in [-0.15, -0.1) is 0 Å². The summed E-state index contributed by atoms with van der Waals surface area (Å²) in [6.45, 7) is 1.11. The van der Waals surface area contributed by atoms with E-state index in [2.05, 4.69) is 14.7 Å². The van der Waals surface area contributed by atoms with Gasteiger partial charge in [0.25, 0.3) is 0 Å². The molecule has 1 heterocycles. The van der Waals surface area contributed by atoms with Crippen LogP contribution in [0.1, 0.15) is 12.6 Å². The van der Waals surface area contributed by atoms with Crippen molar-refractivity contribution >= 4 is 16.0 Å². The second kappa shape index (κ2) is 4.41. The fourth-order valence-corrected chi connectivity index (χ4v) is 1.69. The van der Waals surface area contributed by atoms with E-state index in [1.165, 1.54) is 12.5 Å². The number of rotatable bonds is 5. The molecule has 1 aromatic rings. The van der Waals surface area contributed by atoms with Crippen molar-refractivity contribution in [2.24, 2.45) is 0 Å². The van der Waals surface area contributed by atoms with Crippen LogP contribution in [-0.2, 0) is 21.4 Å². The van der Waals surface area contributed by atoms with E-state index >= 15 is 0 Å². The Balaban J connectivity index is 2.62. The number of aliphatic carboxylic acids is 1. The standard InChI is InChI=1S/C7H11N3O4S/c1-5(7(11)12)15(13,14)10-3-6-2-8-4-9-6/h2,4-5,10H,3H2,1H3,(H,8,9)(H,11,12). The Kier molecular flexibility index (Phi) is 3.43. The molecule has 0 aromatic carbocycles. The summed E-state index contributed by atoms with van der Waals surface area (Å²) in [5, 5.41) is 7.06. The summed E-state index contributed by atoms with van der Waals surface area (Å²) >= 11 is 0. The van der Waals surface area contributed by atoms with E-state index in [-0.39, 0.29) is 6.54 Å². The summed E-state index contributed by atoms with van der Waals surface area (Å²) in [5.41, 5.74) is 0.566. The van der Waals surface area contributed by atoms with Crippen LogP contribution >= 0.6 is 0 Å². The van der Waals surface area contributed by atoms with Crippen LogP contribution in [0.5, 0.6) is 0 Å². The molecule has 84 valence electrons. The lowest BCUT2D eigenvalue weighted by atomic mass is 10.5. The smallest absolute Gasteiger partial charge is 0.323 e. The van der Waals surface area contributed by atoms with Crippen LogP contribution in [0.25, 0.3) is 0 Å². The molecule has 1 aromatic heterocycles. The molecule has 0 saturated carbocycles. The molecule has 0 bridgehead atoms. The van der Waals surface area contributed by atoms with Gasteiger partial charge in [0.2, 0.25) is 10.0 Å².